The molecule has 0 radical (unpaired) electrons. The Bertz CT molecular complexity index is 380. The lowest BCUT2D eigenvalue weighted by Crippen LogP contribution is -2.23. The van der Waals surface area contributed by atoms with Gasteiger partial charge in [-0.15, -0.1) is 0 Å². The third kappa shape index (κ3) is 3.51. The van der Waals surface area contributed by atoms with Gasteiger partial charge in [-0.25, -0.2) is 0 Å². The quantitative estimate of drug-likeness (QED) is 0.627. The summed E-state index contributed by atoms with van der Waals surface area (Å²) in [5.74, 6) is 0.816. The fourth-order valence-corrected chi connectivity index (χ4v) is 1.88. The van der Waals surface area contributed by atoms with Gasteiger partial charge in [0, 0.05) is 20.2 Å². The van der Waals surface area contributed by atoms with E-state index >= 15 is 0 Å². The summed E-state index contributed by atoms with van der Waals surface area (Å²) in [6.07, 6.45) is 2.66. The molecular formula is C13H19ClN2O. The molecule has 1 aliphatic carbocycles. The van der Waals surface area contributed by atoms with Gasteiger partial charge in [0.2, 0.25) is 0 Å². The lowest BCUT2D eigenvalue weighted by molar-refractivity contribution is 0.131. The number of ether oxygens (including phenoxy) is 1. The Morgan fingerprint density at radius 3 is 2.94 bits per heavy atom. The van der Waals surface area contributed by atoms with Crippen LogP contribution in [0.5, 0.6) is 0 Å². The summed E-state index contributed by atoms with van der Waals surface area (Å²) in [5.41, 5.74) is 7.53. The van der Waals surface area contributed by atoms with Gasteiger partial charge < -0.3 is 15.4 Å². The van der Waals surface area contributed by atoms with Crippen molar-refractivity contribution in [2.24, 2.45) is 5.92 Å². The zero-order valence-electron chi connectivity index (χ0n) is 10.2. The number of nitrogens with zero attached hydrogens (tertiary/aromatic N) is 1. The first-order valence-corrected chi connectivity index (χ1v) is 6.39. The maximum atomic E-state index is 5.99. The number of halogens is 1. The van der Waals surface area contributed by atoms with E-state index in [2.05, 4.69) is 4.90 Å². The number of hydrogen-bond donors (Lipinski definition) is 1. The number of hydrogen-bond acceptors (Lipinski definition) is 3. The van der Waals surface area contributed by atoms with Crippen molar-refractivity contribution in [3.05, 3.63) is 23.2 Å². The van der Waals surface area contributed by atoms with Crippen molar-refractivity contribution in [3.8, 4) is 0 Å². The molecule has 0 atom stereocenters. The van der Waals surface area contributed by atoms with Crippen LogP contribution in [0.25, 0.3) is 0 Å². The second-order valence-electron chi connectivity index (χ2n) is 4.61. The summed E-state index contributed by atoms with van der Waals surface area (Å²) in [6, 6.07) is 5.69. The van der Waals surface area contributed by atoms with Crippen LogP contribution in [-0.2, 0) is 4.74 Å². The second kappa shape index (κ2) is 5.61. The third-order valence-corrected chi connectivity index (χ3v) is 3.39. The average molecular weight is 255 g/mol. The van der Waals surface area contributed by atoms with Crippen LogP contribution >= 0.6 is 11.6 Å². The Morgan fingerprint density at radius 1 is 1.47 bits per heavy atom. The van der Waals surface area contributed by atoms with E-state index in [0.717, 1.165) is 31.4 Å². The zero-order valence-corrected chi connectivity index (χ0v) is 10.9. The molecule has 2 rings (SSSR count). The van der Waals surface area contributed by atoms with Crippen LogP contribution in [-0.4, -0.2) is 26.8 Å². The van der Waals surface area contributed by atoms with Crippen LogP contribution in [0.4, 0.5) is 11.4 Å². The maximum absolute atomic E-state index is 5.99. The molecule has 1 fully saturated rings. The van der Waals surface area contributed by atoms with Gasteiger partial charge in [0.05, 0.1) is 23.0 Å². The van der Waals surface area contributed by atoms with Gasteiger partial charge in [-0.1, -0.05) is 17.7 Å². The van der Waals surface area contributed by atoms with Crippen molar-refractivity contribution in [2.75, 3.05) is 37.4 Å². The Kier molecular flexibility index (Phi) is 4.13. The van der Waals surface area contributed by atoms with Crippen molar-refractivity contribution in [2.45, 2.75) is 12.8 Å². The molecule has 0 unspecified atom stereocenters. The smallest absolute Gasteiger partial charge is 0.0741 e. The molecule has 0 aromatic heterocycles. The highest BCUT2D eigenvalue weighted by atomic mass is 35.5. The predicted molar refractivity (Wildman–Crippen MR) is 72.7 cm³/mol. The summed E-state index contributed by atoms with van der Waals surface area (Å²) >= 11 is 5.99. The normalized spacial score (nSPS) is 14.9. The van der Waals surface area contributed by atoms with E-state index in [1.54, 1.807) is 6.07 Å². The highest BCUT2D eigenvalue weighted by molar-refractivity contribution is 6.33. The van der Waals surface area contributed by atoms with Gasteiger partial charge in [-0.2, -0.15) is 0 Å². The molecule has 0 amide bonds. The summed E-state index contributed by atoms with van der Waals surface area (Å²) in [6.45, 7) is 2.47. The van der Waals surface area contributed by atoms with Gasteiger partial charge in [0.15, 0.2) is 0 Å². The highest BCUT2D eigenvalue weighted by Gasteiger charge is 2.21. The molecule has 2 N–H and O–H groups in total. The first-order chi connectivity index (χ1) is 8.18. The van der Waals surface area contributed by atoms with Crippen molar-refractivity contribution >= 4 is 23.0 Å². The molecule has 94 valence electrons. The minimum Gasteiger partial charge on any atom is -0.396 e. The molecule has 1 aromatic rings. The Balaban J connectivity index is 1.81. The fraction of sp³-hybridized carbons (Fsp3) is 0.538. The SMILES string of the molecule is CN(CCOCC1CC1)c1cccc(Cl)c1N. The van der Waals surface area contributed by atoms with E-state index in [1.807, 2.05) is 19.2 Å². The number of nitrogens with two attached hydrogens (primary N) is 1. The summed E-state index contributed by atoms with van der Waals surface area (Å²) in [5, 5.41) is 0.605. The first kappa shape index (κ1) is 12.5. The number of para-hydroxylation sites is 1. The van der Waals surface area contributed by atoms with Crippen LogP contribution in [0.1, 0.15) is 12.8 Å². The fourth-order valence-electron chi connectivity index (χ4n) is 1.71. The van der Waals surface area contributed by atoms with E-state index < -0.39 is 0 Å². The van der Waals surface area contributed by atoms with E-state index in [0.29, 0.717) is 10.7 Å². The van der Waals surface area contributed by atoms with Gasteiger partial charge in [-0.05, 0) is 30.9 Å². The van der Waals surface area contributed by atoms with Crippen LogP contribution in [0, 0.1) is 5.92 Å². The van der Waals surface area contributed by atoms with Gasteiger partial charge >= 0.3 is 0 Å². The molecule has 1 saturated carbocycles. The molecule has 17 heavy (non-hydrogen) atoms. The van der Waals surface area contributed by atoms with Crippen molar-refractivity contribution in [1.82, 2.24) is 0 Å². The van der Waals surface area contributed by atoms with Crippen LogP contribution in [0.3, 0.4) is 0 Å². The van der Waals surface area contributed by atoms with Gasteiger partial charge in [0.25, 0.3) is 0 Å². The zero-order chi connectivity index (χ0) is 12.3. The molecule has 3 nitrogen and oxygen atoms in total. The largest absolute Gasteiger partial charge is 0.396 e. The second-order valence-corrected chi connectivity index (χ2v) is 5.02. The van der Waals surface area contributed by atoms with Crippen LogP contribution in [0.15, 0.2) is 18.2 Å². The number of benzene rings is 1. The van der Waals surface area contributed by atoms with E-state index in [4.69, 9.17) is 22.1 Å². The van der Waals surface area contributed by atoms with E-state index in [-0.39, 0.29) is 0 Å². The van der Waals surface area contributed by atoms with Gasteiger partial charge in [-0.3, -0.25) is 0 Å². The predicted octanol–water partition coefficient (Wildman–Crippen LogP) is 2.79. The minimum atomic E-state index is 0.605. The number of anilines is 2. The first-order valence-electron chi connectivity index (χ1n) is 6.01. The summed E-state index contributed by atoms with van der Waals surface area (Å²) in [7, 11) is 2.00. The molecule has 0 spiro atoms. The average Bonchev–Trinajstić information content (AvgIpc) is 3.12. The summed E-state index contributed by atoms with van der Waals surface area (Å²) < 4.78 is 5.60. The lowest BCUT2D eigenvalue weighted by Gasteiger charge is -2.21. The molecule has 4 heteroatoms. The molecular weight excluding hydrogens is 236 g/mol. The van der Waals surface area contributed by atoms with Crippen molar-refractivity contribution < 1.29 is 4.74 Å². The van der Waals surface area contributed by atoms with Gasteiger partial charge in [0.1, 0.15) is 0 Å². The van der Waals surface area contributed by atoms with Crippen molar-refractivity contribution in [1.29, 1.82) is 0 Å². The molecule has 1 aromatic carbocycles. The molecule has 0 bridgehead atoms. The topological polar surface area (TPSA) is 38.5 Å². The van der Waals surface area contributed by atoms with Crippen LogP contribution < -0.4 is 10.6 Å². The number of nitrogen functional groups attached to an aromatic ring is 1. The number of likely N-dealkylation sites (N-methyl/N-ethyl adjacent to an activating group) is 1. The maximum Gasteiger partial charge on any atom is 0.0741 e. The lowest BCUT2D eigenvalue weighted by atomic mass is 10.2. The molecule has 0 aliphatic heterocycles. The van der Waals surface area contributed by atoms with E-state index in [1.165, 1.54) is 12.8 Å². The summed E-state index contributed by atoms with van der Waals surface area (Å²) in [4.78, 5) is 2.08. The molecule has 1 aliphatic rings. The molecule has 0 saturated heterocycles. The monoisotopic (exact) mass is 254 g/mol. The van der Waals surface area contributed by atoms with Crippen molar-refractivity contribution in [3.63, 3.8) is 0 Å². The third-order valence-electron chi connectivity index (χ3n) is 3.06. The Morgan fingerprint density at radius 2 is 2.24 bits per heavy atom. The molecule has 0 heterocycles. The highest BCUT2D eigenvalue weighted by Crippen LogP contribution is 2.30. The minimum absolute atomic E-state index is 0.605. The van der Waals surface area contributed by atoms with Crippen LogP contribution in [0.2, 0.25) is 5.02 Å². The Hall–Kier alpha value is -0.930. The number of rotatable bonds is 6. The van der Waals surface area contributed by atoms with E-state index in [9.17, 15) is 0 Å². The standard InChI is InChI=1S/C13H19ClN2O/c1-16(7-8-17-9-10-5-6-10)12-4-2-3-11(14)13(12)15/h2-4,10H,5-9,15H2,1H3. The Labute approximate surface area is 107 Å².